The summed E-state index contributed by atoms with van der Waals surface area (Å²) in [5.74, 6) is -1.19. The molecule has 4 rings (SSSR count). The summed E-state index contributed by atoms with van der Waals surface area (Å²) in [6.45, 7) is 0.927. The zero-order chi connectivity index (χ0) is 37.9. The van der Waals surface area contributed by atoms with Crippen molar-refractivity contribution in [1.82, 2.24) is 10.6 Å². The number of carbonyl (C=O) groups excluding carboxylic acids is 2. The fraction of sp³-hybridized carbons (Fsp3) is 0.931. The third-order valence-electron chi connectivity index (χ3n) is 9.26. The molecule has 0 aromatic carbocycles. The molecule has 13 N–H and O–H groups in total. The SMILES string of the molecule is CC(=O)N[C@H]1C(O)[C@H](O[C@@H]2OC(CO[C@H]3OC(CO)[C@@H](O)C(O)[C@H]3O)[C@@H](O)C(O)[C@H]2O)C(CO)O[C@H]1O[C@@H]1C(CO)O[C@@H](C)[C@@H](NC(C)=O)C1O. The molecular formula is C29H50N2O20. The fourth-order valence-electron chi connectivity index (χ4n) is 6.50. The second-order valence-electron chi connectivity index (χ2n) is 13.0. The fourth-order valence-corrected chi connectivity index (χ4v) is 6.50. The Morgan fingerprint density at radius 3 is 1.51 bits per heavy atom. The summed E-state index contributed by atoms with van der Waals surface area (Å²) in [7, 11) is 0. The lowest BCUT2D eigenvalue weighted by Gasteiger charge is -2.49. The van der Waals surface area contributed by atoms with Gasteiger partial charge in [-0.25, -0.2) is 0 Å². The van der Waals surface area contributed by atoms with Crippen LogP contribution >= 0.6 is 0 Å². The molecule has 51 heavy (non-hydrogen) atoms. The summed E-state index contributed by atoms with van der Waals surface area (Å²) in [4.78, 5) is 24.0. The third kappa shape index (κ3) is 9.30. The number of rotatable bonds is 12. The highest BCUT2D eigenvalue weighted by atomic mass is 16.8. The highest BCUT2D eigenvalue weighted by molar-refractivity contribution is 5.73. The van der Waals surface area contributed by atoms with Crippen LogP contribution in [0.3, 0.4) is 0 Å². The number of hydrogen-bond donors (Lipinski definition) is 13. The Morgan fingerprint density at radius 1 is 0.529 bits per heavy atom. The Balaban J connectivity index is 1.50. The van der Waals surface area contributed by atoms with Crippen molar-refractivity contribution >= 4 is 11.8 Å². The first kappa shape index (κ1) is 42.0. The molecule has 4 aliphatic rings. The van der Waals surface area contributed by atoms with E-state index in [1.165, 1.54) is 6.92 Å². The number of ether oxygens (including phenoxy) is 7. The van der Waals surface area contributed by atoms with E-state index >= 15 is 0 Å². The summed E-state index contributed by atoms with van der Waals surface area (Å²) in [5.41, 5.74) is 0. The van der Waals surface area contributed by atoms with Gasteiger partial charge in [-0.1, -0.05) is 0 Å². The molecule has 4 fully saturated rings. The van der Waals surface area contributed by atoms with E-state index in [-0.39, 0.29) is 0 Å². The predicted molar refractivity (Wildman–Crippen MR) is 161 cm³/mol. The molecule has 8 unspecified atom stereocenters. The molecule has 4 aliphatic heterocycles. The van der Waals surface area contributed by atoms with Gasteiger partial charge in [0.25, 0.3) is 0 Å². The van der Waals surface area contributed by atoms with E-state index in [4.69, 9.17) is 33.2 Å². The van der Waals surface area contributed by atoms with Gasteiger partial charge in [0.1, 0.15) is 91.5 Å². The monoisotopic (exact) mass is 746 g/mol. The van der Waals surface area contributed by atoms with Crippen molar-refractivity contribution in [1.29, 1.82) is 0 Å². The molecule has 0 aromatic heterocycles. The van der Waals surface area contributed by atoms with Gasteiger partial charge in [-0.2, -0.15) is 0 Å². The molecule has 4 saturated heterocycles. The second kappa shape index (κ2) is 18.0. The lowest BCUT2D eigenvalue weighted by atomic mass is 9.92. The lowest BCUT2D eigenvalue weighted by Crippen LogP contribution is -2.70. The first-order valence-corrected chi connectivity index (χ1v) is 16.4. The number of amides is 2. The number of aliphatic hydroxyl groups excluding tert-OH is 11. The second-order valence-corrected chi connectivity index (χ2v) is 13.0. The number of hydrogen-bond acceptors (Lipinski definition) is 20. The minimum atomic E-state index is -1.98. The topological polar surface area (TPSA) is 345 Å². The van der Waals surface area contributed by atoms with Gasteiger partial charge in [0, 0.05) is 13.8 Å². The zero-order valence-corrected chi connectivity index (χ0v) is 28.0. The molecule has 20 atom stereocenters. The maximum absolute atomic E-state index is 12.2. The van der Waals surface area contributed by atoms with Crippen LogP contribution in [0, 0.1) is 0 Å². The highest BCUT2D eigenvalue weighted by Crippen LogP contribution is 2.33. The standard InChI is InChI=1S/C29H50N2O20/c1-8-15(30-9(2)35)19(39)25(12(5-33)46-8)50-27-16(31-10(3)36)20(40)26(13(6-34)48-27)51-29-24(44)22(42)18(38)14(49-29)7-45-28-23(43)21(41)17(37)11(4-32)47-28/h8,11-29,32-34,37-44H,4-7H2,1-3H3,(H,30,35)(H,31,36)/t8-,11?,12?,13?,14?,15+,16-,17+,18+,19?,20?,21?,22?,23+,24+,25+,26+,27-,28-,29-/m0/s1. The predicted octanol–water partition coefficient (Wildman–Crippen LogP) is -8.39. The van der Waals surface area contributed by atoms with Crippen LogP contribution < -0.4 is 10.6 Å². The van der Waals surface area contributed by atoms with E-state index in [1.54, 1.807) is 6.92 Å². The van der Waals surface area contributed by atoms with E-state index in [0.29, 0.717) is 0 Å². The maximum atomic E-state index is 12.2. The van der Waals surface area contributed by atoms with Crippen LogP contribution in [-0.2, 0) is 42.7 Å². The van der Waals surface area contributed by atoms with Crippen LogP contribution in [0.4, 0.5) is 0 Å². The lowest BCUT2D eigenvalue weighted by molar-refractivity contribution is -0.363. The molecule has 22 heteroatoms. The third-order valence-corrected chi connectivity index (χ3v) is 9.26. The van der Waals surface area contributed by atoms with Gasteiger partial charge < -0.3 is 100.0 Å². The van der Waals surface area contributed by atoms with Gasteiger partial charge in [0.05, 0.1) is 38.6 Å². The zero-order valence-electron chi connectivity index (χ0n) is 28.0. The molecule has 296 valence electrons. The Bertz CT molecular complexity index is 1140. The Morgan fingerprint density at radius 2 is 0.961 bits per heavy atom. The van der Waals surface area contributed by atoms with E-state index in [2.05, 4.69) is 10.6 Å². The van der Waals surface area contributed by atoms with Crippen LogP contribution in [0.25, 0.3) is 0 Å². The van der Waals surface area contributed by atoms with Crippen LogP contribution in [0.1, 0.15) is 20.8 Å². The smallest absolute Gasteiger partial charge is 0.217 e. The summed E-state index contributed by atoms with van der Waals surface area (Å²) in [6, 6.07) is -2.51. The van der Waals surface area contributed by atoms with Crippen molar-refractivity contribution in [2.75, 3.05) is 26.4 Å². The summed E-state index contributed by atoms with van der Waals surface area (Å²) < 4.78 is 39.6. The average Bonchev–Trinajstić information content (AvgIpc) is 3.09. The molecular weight excluding hydrogens is 696 g/mol. The van der Waals surface area contributed by atoms with Gasteiger partial charge in [-0.3, -0.25) is 9.59 Å². The maximum Gasteiger partial charge on any atom is 0.217 e. The van der Waals surface area contributed by atoms with Crippen molar-refractivity contribution in [2.24, 2.45) is 0 Å². The molecule has 0 bridgehead atoms. The van der Waals surface area contributed by atoms with Gasteiger partial charge >= 0.3 is 0 Å². The van der Waals surface area contributed by atoms with E-state index in [0.717, 1.165) is 6.92 Å². The van der Waals surface area contributed by atoms with Crippen LogP contribution in [0.5, 0.6) is 0 Å². The molecule has 22 nitrogen and oxygen atoms in total. The van der Waals surface area contributed by atoms with Crippen LogP contribution in [-0.4, -0.2) is 217 Å². The molecule has 4 heterocycles. The van der Waals surface area contributed by atoms with Crippen molar-refractivity contribution in [3.63, 3.8) is 0 Å². The van der Waals surface area contributed by atoms with Gasteiger partial charge in [-0.05, 0) is 6.92 Å². The molecule has 0 aliphatic carbocycles. The van der Waals surface area contributed by atoms with Crippen molar-refractivity contribution < 1.29 is 98.9 Å². The summed E-state index contributed by atoms with van der Waals surface area (Å²) in [5, 5.41) is 119. The first-order chi connectivity index (χ1) is 24.0. The Kier molecular flexibility index (Phi) is 14.8. The minimum absolute atomic E-state index is 0.496. The number of nitrogens with one attached hydrogen (secondary N) is 2. The van der Waals surface area contributed by atoms with Crippen molar-refractivity contribution in [2.45, 2.75) is 143 Å². The first-order valence-electron chi connectivity index (χ1n) is 16.4. The largest absolute Gasteiger partial charge is 0.394 e. The number of carbonyl (C=O) groups is 2. The van der Waals surface area contributed by atoms with E-state index < -0.39 is 161 Å². The van der Waals surface area contributed by atoms with E-state index in [9.17, 15) is 65.8 Å². The van der Waals surface area contributed by atoms with Crippen LogP contribution in [0.15, 0.2) is 0 Å². The summed E-state index contributed by atoms with van der Waals surface area (Å²) in [6.07, 6.45) is -28.8. The molecule has 0 aromatic rings. The summed E-state index contributed by atoms with van der Waals surface area (Å²) >= 11 is 0. The minimum Gasteiger partial charge on any atom is -0.394 e. The van der Waals surface area contributed by atoms with Crippen molar-refractivity contribution in [3.05, 3.63) is 0 Å². The highest BCUT2D eigenvalue weighted by Gasteiger charge is 2.54. The van der Waals surface area contributed by atoms with Crippen LogP contribution in [0.2, 0.25) is 0 Å². The normalized spacial score (nSPS) is 47.8. The van der Waals surface area contributed by atoms with Gasteiger partial charge in [0.2, 0.25) is 11.8 Å². The van der Waals surface area contributed by atoms with E-state index in [1.807, 2.05) is 0 Å². The average molecular weight is 747 g/mol. The molecule has 0 radical (unpaired) electrons. The van der Waals surface area contributed by atoms with Gasteiger partial charge in [-0.15, -0.1) is 0 Å². The molecule has 2 amide bonds. The number of aliphatic hydroxyl groups is 11. The Hall–Kier alpha value is -1.78. The molecule has 0 saturated carbocycles. The molecule has 0 spiro atoms. The quantitative estimate of drug-likeness (QED) is 0.0881. The van der Waals surface area contributed by atoms with Crippen molar-refractivity contribution in [3.8, 4) is 0 Å². The van der Waals surface area contributed by atoms with Gasteiger partial charge in [0.15, 0.2) is 18.9 Å². The Labute approximate surface area is 291 Å².